The Balaban J connectivity index is 1.65. The Morgan fingerprint density at radius 3 is 2.92 bits per heavy atom. The Morgan fingerprint density at radius 1 is 1.29 bits per heavy atom. The topological polar surface area (TPSA) is 50.4 Å². The van der Waals surface area contributed by atoms with Crippen LogP contribution in [0.1, 0.15) is 31.2 Å². The van der Waals surface area contributed by atoms with Gasteiger partial charge < -0.3 is 15.4 Å². The van der Waals surface area contributed by atoms with Crippen LogP contribution in [0.25, 0.3) is 0 Å². The molecule has 0 spiro atoms. The number of amides is 1. The van der Waals surface area contributed by atoms with Gasteiger partial charge in [-0.1, -0.05) is 6.42 Å². The van der Waals surface area contributed by atoms with Crippen molar-refractivity contribution in [2.24, 2.45) is 11.8 Å². The maximum Gasteiger partial charge on any atom is 0.391 e. The number of carbonyl (C=O) groups excluding carboxylic acids is 1. The summed E-state index contributed by atoms with van der Waals surface area (Å²) in [7, 11) is 0. The van der Waals surface area contributed by atoms with E-state index in [-0.39, 0.29) is 18.7 Å². The second kappa shape index (κ2) is 7.01. The van der Waals surface area contributed by atoms with Crippen LogP contribution in [0.3, 0.4) is 0 Å². The summed E-state index contributed by atoms with van der Waals surface area (Å²) in [5.74, 6) is -1.51. The van der Waals surface area contributed by atoms with E-state index in [1.807, 2.05) is 6.07 Å². The fourth-order valence-corrected chi connectivity index (χ4v) is 3.36. The zero-order chi connectivity index (χ0) is 17.2. The molecule has 1 fully saturated rings. The van der Waals surface area contributed by atoms with Crippen molar-refractivity contribution in [3.8, 4) is 5.75 Å². The van der Waals surface area contributed by atoms with Crippen LogP contribution >= 0.6 is 0 Å². The lowest BCUT2D eigenvalue weighted by molar-refractivity contribution is -0.185. The summed E-state index contributed by atoms with van der Waals surface area (Å²) in [5.41, 5.74) is 1.53. The second-order valence-electron chi connectivity index (χ2n) is 6.44. The number of alkyl halides is 3. The molecule has 2 unspecified atom stereocenters. The SMILES string of the molecule is O=C(Nc1ccc2c(c1)CNCCO2)C1CCCC(C(F)(F)F)C1. The molecule has 3 rings (SSSR count). The fraction of sp³-hybridized carbons (Fsp3) is 0.588. The summed E-state index contributed by atoms with van der Waals surface area (Å²) in [6.45, 7) is 1.97. The van der Waals surface area contributed by atoms with E-state index in [0.29, 0.717) is 31.7 Å². The first-order valence-corrected chi connectivity index (χ1v) is 8.27. The Morgan fingerprint density at radius 2 is 2.12 bits per heavy atom. The van der Waals surface area contributed by atoms with Gasteiger partial charge in [-0.3, -0.25) is 4.79 Å². The van der Waals surface area contributed by atoms with E-state index < -0.39 is 18.0 Å². The normalized spacial score (nSPS) is 24.5. The molecule has 7 heteroatoms. The number of hydrogen-bond donors (Lipinski definition) is 2. The number of nitrogens with one attached hydrogen (secondary N) is 2. The van der Waals surface area contributed by atoms with Crippen molar-refractivity contribution in [2.75, 3.05) is 18.5 Å². The predicted octanol–water partition coefficient (Wildman–Crippen LogP) is 3.48. The summed E-state index contributed by atoms with van der Waals surface area (Å²) in [5, 5.41) is 5.97. The summed E-state index contributed by atoms with van der Waals surface area (Å²) >= 11 is 0. The molecule has 24 heavy (non-hydrogen) atoms. The smallest absolute Gasteiger partial charge is 0.391 e. The van der Waals surface area contributed by atoms with Crippen LogP contribution < -0.4 is 15.4 Å². The molecule has 1 aromatic rings. The van der Waals surface area contributed by atoms with Crippen LogP contribution in [0, 0.1) is 11.8 Å². The van der Waals surface area contributed by atoms with E-state index in [2.05, 4.69) is 10.6 Å². The van der Waals surface area contributed by atoms with E-state index in [0.717, 1.165) is 17.9 Å². The highest BCUT2D eigenvalue weighted by atomic mass is 19.4. The Bertz CT molecular complexity index is 604. The average Bonchev–Trinajstić information content (AvgIpc) is 2.79. The summed E-state index contributed by atoms with van der Waals surface area (Å²) < 4.78 is 44.2. The van der Waals surface area contributed by atoms with E-state index in [1.165, 1.54) is 0 Å². The van der Waals surface area contributed by atoms with E-state index in [9.17, 15) is 18.0 Å². The molecule has 132 valence electrons. The molecule has 0 saturated heterocycles. The van der Waals surface area contributed by atoms with Gasteiger partial charge in [0.25, 0.3) is 0 Å². The standard InChI is InChI=1S/C17H21F3N2O2/c18-17(19,20)13-3-1-2-11(8-13)16(23)22-14-4-5-15-12(9-14)10-21-6-7-24-15/h4-5,9,11,13,21H,1-3,6-8,10H2,(H,22,23). The van der Waals surface area contributed by atoms with Gasteiger partial charge in [-0.2, -0.15) is 13.2 Å². The fourth-order valence-electron chi connectivity index (χ4n) is 3.36. The molecule has 2 aliphatic rings. The first-order chi connectivity index (χ1) is 11.4. The minimum atomic E-state index is -4.22. The van der Waals surface area contributed by atoms with Crippen molar-refractivity contribution in [2.45, 2.75) is 38.4 Å². The van der Waals surface area contributed by atoms with Crippen LogP contribution in [-0.4, -0.2) is 25.2 Å². The molecule has 1 aromatic carbocycles. The minimum absolute atomic E-state index is 0.120. The Kier molecular flexibility index (Phi) is 4.99. The molecule has 2 atom stereocenters. The molecule has 1 heterocycles. The number of rotatable bonds is 2. The quantitative estimate of drug-likeness (QED) is 0.865. The highest BCUT2D eigenvalue weighted by molar-refractivity contribution is 5.92. The molecule has 0 radical (unpaired) electrons. The van der Waals surface area contributed by atoms with Gasteiger partial charge in [0, 0.05) is 30.3 Å². The summed E-state index contributed by atoms with van der Waals surface area (Å²) in [6.07, 6.45) is -3.27. The van der Waals surface area contributed by atoms with Gasteiger partial charge >= 0.3 is 6.18 Å². The van der Waals surface area contributed by atoms with Gasteiger partial charge in [0.2, 0.25) is 5.91 Å². The van der Waals surface area contributed by atoms with Gasteiger partial charge in [-0.05, 0) is 37.5 Å². The van der Waals surface area contributed by atoms with Crippen molar-refractivity contribution < 1.29 is 22.7 Å². The molecule has 1 saturated carbocycles. The average molecular weight is 342 g/mol. The number of anilines is 1. The number of fused-ring (bicyclic) bond motifs is 1. The minimum Gasteiger partial charge on any atom is -0.492 e. The highest BCUT2D eigenvalue weighted by Gasteiger charge is 2.43. The third-order valence-electron chi connectivity index (χ3n) is 4.69. The van der Waals surface area contributed by atoms with Gasteiger partial charge in [0.15, 0.2) is 0 Å². The third kappa shape index (κ3) is 4.01. The molecule has 1 aliphatic heterocycles. The van der Waals surface area contributed by atoms with E-state index >= 15 is 0 Å². The van der Waals surface area contributed by atoms with Crippen LogP contribution in [-0.2, 0) is 11.3 Å². The second-order valence-corrected chi connectivity index (χ2v) is 6.44. The molecule has 0 aromatic heterocycles. The van der Waals surface area contributed by atoms with Crippen molar-refractivity contribution in [3.63, 3.8) is 0 Å². The number of benzene rings is 1. The lowest BCUT2D eigenvalue weighted by Gasteiger charge is -2.29. The molecule has 2 N–H and O–H groups in total. The summed E-state index contributed by atoms with van der Waals surface area (Å²) in [4.78, 5) is 12.4. The maximum atomic E-state index is 12.9. The zero-order valence-corrected chi connectivity index (χ0v) is 13.3. The lowest BCUT2D eigenvalue weighted by atomic mass is 9.80. The first kappa shape index (κ1) is 17.1. The highest BCUT2D eigenvalue weighted by Crippen LogP contribution is 2.40. The number of hydrogen-bond acceptors (Lipinski definition) is 3. The Labute approximate surface area is 138 Å². The molecule has 1 aliphatic carbocycles. The van der Waals surface area contributed by atoms with Crippen LogP contribution in [0.2, 0.25) is 0 Å². The maximum absolute atomic E-state index is 12.9. The third-order valence-corrected chi connectivity index (χ3v) is 4.69. The largest absolute Gasteiger partial charge is 0.492 e. The predicted molar refractivity (Wildman–Crippen MR) is 83.8 cm³/mol. The monoisotopic (exact) mass is 342 g/mol. The van der Waals surface area contributed by atoms with E-state index in [4.69, 9.17) is 4.74 Å². The lowest BCUT2D eigenvalue weighted by Crippen LogP contribution is -2.34. The van der Waals surface area contributed by atoms with E-state index in [1.54, 1.807) is 12.1 Å². The van der Waals surface area contributed by atoms with Crippen molar-refractivity contribution in [3.05, 3.63) is 23.8 Å². The zero-order valence-electron chi connectivity index (χ0n) is 13.3. The number of carbonyl (C=O) groups is 1. The van der Waals surface area contributed by atoms with Gasteiger partial charge in [-0.25, -0.2) is 0 Å². The number of ether oxygens (including phenoxy) is 1. The number of halogens is 3. The molecule has 4 nitrogen and oxygen atoms in total. The van der Waals surface area contributed by atoms with Gasteiger partial charge in [-0.15, -0.1) is 0 Å². The van der Waals surface area contributed by atoms with Crippen molar-refractivity contribution in [1.29, 1.82) is 0 Å². The molecular weight excluding hydrogens is 321 g/mol. The van der Waals surface area contributed by atoms with Crippen molar-refractivity contribution in [1.82, 2.24) is 5.32 Å². The molecule has 0 bridgehead atoms. The van der Waals surface area contributed by atoms with Crippen LogP contribution in [0.15, 0.2) is 18.2 Å². The van der Waals surface area contributed by atoms with Crippen molar-refractivity contribution >= 4 is 11.6 Å². The van der Waals surface area contributed by atoms with Crippen LogP contribution in [0.5, 0.6) is 5.75 Å². The molecular formula is C17H21F3N2O2. The first-order valence-electron chi connectivity index (χ1n) is 8.27. The summed E-state index contributed by atoms with van der Waals surface area (Å²) in [6, 6.07) is 5.33. The van der Waals surface area contributed by atoms with Crippen LogP contribution in [0.4, 0.5) is 18.9 Å². The molecule has 1 amide bonds. The Hall–Kier alpha value is -1.76. The van der Waals surface area contributed by atoms with Gasteiger partial charge in [0.1, 0.15) is 12.4 Å². The van der Waals surface area contributed by atoms with Gasteiger partial charge in [0.05, 0.1) is 5.92 Å².